The van der Waals surface area contributed by atoms with Crippen LogP contribution in [0, 0.1) is 29.1 Å². The standard InChI is InChI=1S/C16H18N2O/c1-10(8-17)9-18-16(19)15-13-7-6-11-4-2-3-5-12(11)14(13)15/h2-5,10,13-15H,6-7,9H2,1H3,(H,18,19). The fraction of sp³-hybridized carbons (Fsp3) is 0.500. The van der Waals surface area contributed by atoms with Gasteiger partial charge in [-0.25, -0.2) is 0 Å². The van der Waals surface area contributed by atoms with Gasteiger partial charge in [-0.1, -0.05) is 24.3 Å². The summed E-state index contributed by atoms with van der Waals surface area (Å²) in [4.78, 5) is 12.2. The van der Waals surface area contributed by atoms with Crippen molar-refractivity contribution in [1.82, 2.24) is 5.32 Å². The first-order valence-corrected chi connectivity index (χ1v) is 6.97. The van der Waals surface area contributed by atoms with Crippen molar-refractivity contribution >= 4 is 5.91 Å². The zero-order valence-electron chi connectivity index (χ0n) is 11.1. The van der Waals surface area contributed by atoms with Crippen LogP contribution in [0.15, 0.2) is 24.3 Å². The molecular weight excluding hydrogens is 236 g/mol. The molecule has 1 fully saturated rings. The van der Waals surface area contributed by atoms with Crippen molar-refractivity contribution in [2.75, 3.05) is 6.54 Å². The van der Waals surface area contributed by atoms with Crippen LogP contribution < -0.4 is 5.32 Å². The predicted molar refractivity (Wildman–Crippen MR) is 72.3 cm³/mol. The fourth-order valence-corrected chi connectivity index (χ4v) is 3.34. The van der Waals surface area contributed by atoms with Gasteiger partial charge in [0.1, 0.15) is 0 Å². The van der Waals surface area contributed by atoms with Crippen molar-refractivity contribution in [2.45, 2.75) is 25.7 Å². The summed E-state index contributed by atoms with van der Waals surface area (Å²) >= 11 is 0. The van der Waals surface area contributed by atoms with E-state index in [1.165, 1.54) is 11.1 Å². The van der Waals surface area contributed by atoms with Crippen molar-refractivity contribution in [3.05, 3.63) is 35.4 Å². The highest BCUT2D eigenvalue weighted by atomic mass is 16.2. The molecule has 19 heavy (non-hydrogen) atoms. The number of hydrogen-bond acceptors (Lipinski definition) is 2. The van der Waals surface area contributed by atoms with Crippen molar-refractivity contribution in [3.63, 3.8) is 0 Å². The third-order valence-electron chi connectivity index (χ3n) is 4.44. The van der Waals surface area contributed by atoms with E-state index >= 15 is 0 Å². The van der Waals surface area contributed by atoms with Crippen LogP contribution in [0.2, 0.25) is 0 Å². The lowest BCUT2D eigenvalue weighted by Crippen LogP contribution is -2.29. The number of carbonyl (C=O) groups is 1. The molecule has 1 saturated carbocycles. The van der Waals surface area contributed by atoms with Crippen molar-refractivity contribution in [2.24, 2.45) is 17.8 Å². The molecule has 0 spiro atoms. The molecule has 4 unspecified atom stereocenters. The summed E-state index contributed by atoms with van der Waals surface area (Å²) in [5.41, 5.74) is 2.77. The smallest absolute Gasteiger partial charge is 0.224 e. The molecule has 0 aromatic heterocycles. The topological polar surface area (TPSA) is 52.9 Å². The van der Waals surface area contributed by atoms with Gasteiger partial charge in [0.05, 0.1) is 12.0 Å². The molecule has 3 rings (SSSR count). The third-order valence-corrected chi connectivity index (χ3v) is 4.44. The molecular formula is C16H18N2O. The number of aryl methyl sites for hydroxylation is 1. The van der Waals surface area contributed by atoms with Crippen LogP contribution in [-0.2, 0) is 11.2 Å². The molecule has 3 nitrogen and oxygen atoms in total. The van der Waals surface area contributed by atoms with Gasteiger partial charge in [0, 0.05) is 12.5 Å². The van der Waals surface area contributed by atoms with Gasteiger partial charge in [-0.3, -0.25) is 4.79 Å². The molecule has 98 valence electrons. The Morgan fingerprint density at radius 2 is 2.32 bits per heavy atom. The summed E-state index contributed by atoms with van der Waals surface area (Å²) in [6.07, 6.45) is 2.21. The number of rotatable bonds is 3. The molecule has 2 aliphatic carbocycles. The van der Waals surface area contributed by atoms with Gasteiger partial charge in [0.15, 0.2) is 0 Å². The Kier molecular flexibility index (Phi) is 3.02. The van der Waals surface area contributed by atoms with Crippen LogP contribution in [0.25, 0.3) is 0 Å². The maximum Gasteiger partial charge on any atom is 0.224 e. The van der Waals surface area contributed by atoms with Crippen LogP contribution in [0.4, 0.5) is 0 Å². The number of nitrogens with zero attached hydrogens (tertiary/aromatic N) is 1. The fourth-order valence-electron chi connectivity index (χ4n) is 3.34. The second-order valence-corrected chi connectivity index (χ2v) is 5.73. The number of nitrogens with one attached hydrogen (secondary N) is 1. The van der Waals surface area contributed by atoms with Crippen LogP contribution in [0.5, 0.6) is 0 Å². The monoisotopic (exact) mass is 254 g/mol. The van der Waals surface area contributed by atoms with E-state index in [1.54, 1.807) is 0 Å². The number of carbonyl (C=O) groups excluding carboxylic acids is 1. The van der Waals surface area contributed by atoms with Crippen LogP contribution in [0.3, 0.4) is 0 Å². The van der Waals surface area contributed by atoms with Gasteiger partial charge in [-0.05, 0) is 42.7 Å². The number of benzene rings is 1. The van der Waals surface area contributed by atoms with Crippen molar-refractivity contribution in [3.8, 4) is 6.07 Å². The molecule has 0 heterocycles. The highest BCUT2D eigenvalue weighted by Gasteiger charge is 2.56. The number of fused-ring (bicyclic) bond motifs is 3. The summed E-state index contributed by atoms with van der Waals surface area (Å²) in [6, 6.07) is 10.6. The number of nitriles is 1. The summed E-state index contributed by atoms with van der Waals surface area (Å²) in [7, 11) is 0. The summed E-state index contributed by atoms with van der Waals surface area (Å²) in [5.74, 6) is 1.09. The largest absolute Gasteiger partial charge is 0.355 e. The molecule has 0 saturated heterocycles. The van der Waals surface area contributed by atoms with Gasteiger partial charge in [0.2, 0.25) is 5.91 Å². The van der Waals surface area contributed by atoms with Gasteiger partial charge < -0.3 is 5.32 Å². The molecule has 2 aliphatic rings. The second-order valence-electron chi connectivity index (χ2n) is 5.73. The van der Waals surface area contributed by atoms with E-state index in [-0.39, 0.29) is 17.7 Å². The Morgan fingerprint density at radius 1 is 1.53 bits per heavy atom. The lowest BCUT2D eigenvalue weighted by atomic mass is 9.92. The van der Waals surface area contributed by atoms with E-state index in [4.69, 9.17) is 5.26 Å². The van der Waals surface area contributed by atoms with E-state index in [0.717, 1.165) is 12.8 Å². The minimum absolute atomic E-state index is 0.114. The molecule has 0 aliphatic heterocycles. The van der Waals surface area contributed by atoms with Gasteiger partial charge >= 0.3 is 0 Å². The normalized spacial score (nSPS) is 28.5. The highest BCUT2D eigenvalue weighted by molar-refractivity contribution is 5.84. The number of amides is 1. The molecule has 1 aromatic carbocycles. The molecule has 3 heteroatoms. The quantitative estimate of drug-likeness (QED) is 0.899. The first kappa shape index (κ1) is 12.2. The minimum atomic E-state index is -0.114. The maximum absolute atomic E-state index is 12.2. The van der Waals surface area contributed by atoms with Crippen LogP contribution in [0.1, 0.15) is 30.4 Å². The van der Waals surface area contributed by atoms with E-state index < -0.39 is 0 Å². The zero-order chi connectivity index (χ0) is 13.4. The average Bonchev–Trinajstić information content (AvgIpc) is 3.19. The minimum Gasteiger partial charge on any atom is -0.355 e. The molecule has 1 amide bonds. The molecule has 1 N–H and O–H groups in total. The first-order valence-electron chi connectivity index (χ1n) is 6.97. The Balaban J connectivity index is 1.67. The summed E-state index contributed by atoms with van der Waals surface area (Å²) in [5, 5.41) is 11.7. The van der Waals surface area contributed by atoms with Gasteiger partial charge in [-0.2, -0.15) is 5.26 Å². The average molecular weight is 254 g/mol. The first-order chi connectivity index (χ1) is 9.22. The van der Waals surface area contributed by atoms with Crippen LogP contribution >= 0.6 is 0 Å². The van der Waals surface area contributed by atoms with Gasteiger partial charge in [-0.15, -0.1) is 0 Å². The van der Waals surface area contributed by atoms with E-state index in [2.05, 4.69) is 35.7 Å². The molecule has 0 radical (unpaired) electrons. The number of hydrogen-bond donors (Lipinski definition) is 1. The molecule has 4 atom stereocenters. The summed E-state index contributed by atoms with van der Waals surface area (Å²) < 4.78 is 0. The second kappa shape index (κ2) is 4.70. The van der Waals surface area contributed by atoms with Crippen LogP contribution in [-0.4, -0.2) is 12.5 Å². The maximum atomic E-state index is 12.2. The molecule has 0 bridgehead atoms. The SMILES string of the molecule is CC(C#N)CNC(=O)C1C2CCc3ccccc3C21. The lowest BCUT2D eigenvalue weighted by molar-refractivity contribution is -0.122. The molecule has 1 aromatic rings. The summed E-state index contributed by atoms with van der Waals surface area (Å²) in [6.45, 7) is 2.29. The zero-order valence-corrected chi connectivity index (χ0v) is 11.1. The van der Waals surface area contributed by atoms with E-state index in [9.17, 15) is 4.79 Å². The Hall–Kier alpha value is -1.82. The lowest BCUT2D eigenvalue weighted by Gasteiger charge is -2.13. The Morgan fingerprint density at radius 3 is 3.11 bits per heavy atom. The van der Waals surface area contributed by atoms with E-state index in [0.29, 0.717) is 18.4 Å². The van der Waals surface area contributed by atoms with E-state index in [1.807, 2.05) is 6.92 Å². The Labute approximate surface area is 113 Å². The third kappa shape index (κ3) is 2.12. The predicted octanol–water partition coefficient (Wildman–Crippen LogP) is 2.24. The van der Waals surface area contributed by atoms with Gasteiger partial charge in [0.25, 0.3) is 0 Å². The Bertz CT molecular complexity index is 546. The van der Waals surface area contributed by atoms with Crippen molar-refractivity contribution in [1.29, 1.82) is 5.26 Å². The highest BCUT2D eigenvalue weighted by Crippen LogP contribution is 2.59. The van der Waals surface area contributed by atoms with Crippen molar-refractivity contribution < 1.29 is 4.79 Å².